The summed E-state index contributed by atoms with van der Waals surface area (Å²) in [5.41, 5.74) is 1.49. The Kier molecular flexibility index (Phi) is 34.5. The average Bonchev–Trinajstić information content (AvgIpc) is 2.84. The van der Waals surface area contributed by atoms with Crippen molar-refractivity contribution in [3.05, 3.63) is 12.2 Å². The lowest BCUT2D eigenvalue weighted by Crippen LogP contribution is -2.03. The highest BCUT2D eigenvalue weighted by Gasteiger charge is 2.07. The minimum Gasteiger partial charge on any atom is -0.396 e. The van der Waals surface area contributed by atoms with Gasteiger partial charge in [0.05, 0.1) is 0 Å². The van der Waals surface area contributed by atoms with Gasteiger partial charge >= 0.3 is 0 Å². The van der Waals surface area contributed by atoms with E-state index in [1.54, 1.807) is 0 Å². The zero-order chi connectivity index (χ0) is 25.5. The second kappa shape index (κ2) is 32.7. The van der Waals surface area contributed by atoms with E-state index in [1.807, 2.05) is 0 Å². The van der Waals surface area contributed by atoms with Gasteiger partial charge in [-0.1, -0.05) is 168 Å². The Bertz CT molecular complexity index is 362. The van der Waals surface area contributed by atoms with Gasteiger partial charge in [0.25, 0.3) is 0 Å². The monoisotopic (exact) mass is 481 g/mol. The molecule has 0 amide bonds. The van der Waals surface area contributed by atoms with E-state index in [1.165, 1.54) is 160 Å². The molecular formula is C33H68O. The fraction of sp³-hybridized carbons (Fsp3) is 0.939. The molecule has 0 rings (SSSR count). The minimum atomic E-state index is 0.383. The van der Waals surface area contributed by atoms with Crippen molar-refractivity contribution in [1.29, 1.82) is 0 Å². The number of aliphatic hydroxyl groups excluding tert-OH is 1. The van der Waals surface area contributed by atoms with E-state index in [0.29, 0.717) is 6.61 Å². The van der Waals surface area contributed by atoms with Gasteiger partial charge in [-0.05, 0) is 38.0 Å². The summed E-state index contributed by atoms with van der Waals surface area (Å²) >= 11 is 0. The molecule has 0 aliphatic heterocycles. The Morgan fingerprint density at radius 3 is 1.21 bits per heavy atom. The lowest BCUT2D eigenvalue weighted by molar-refractivity contribution is 0.241. The molecule has 0 aromatic heterocycles. The Morgan fingerprint density at radius 2 is 0.794 bits per heavy atom. The third-order valence-corrected chi connectivity index (χ3v) is 7.24. The number of hydrogen-bond donors (Lipinski definition) is 1. The smallest absolute Gasteiger partial charge is 0.0433 e. The zero-order valence-corrected chi connectivity index (χ0v) is 24.6. The van der Waals surface area contributed by atoms with Crippen molar-refractivity contribution in [3.8, 4) is 0 Å². The fourth-order valence-electron chi connectivity index (χ4n) is 4.77. The maximum atomic E-state index is 9.11. The highest BCUT2D eigenvalue weighted by atomic mass is 16.3. The van der Waals surface area contributed by atoms with Gasteiger partial charge in [-0.25, -0.2) is 0 Å². The molecular weight excluding hydrogens is 412 g/mol. The third kappa shape index (κ3) is 31.7. The van der Waals surface area contributed by atoms with Crippen LogP contribution in [0.25, 0.3) is 0 Å². The van der Waals surface area contributed by atoms with Crippen molar-refractivity contribution in [2.45, 2.75) is 188 Å². The molecule has 0 saturated carbocycles. The second-order valence-corrected chi connectivity index (χ2v) is 10.9. The van der Waals surface area contributed by atoms with E-state index < -0.39 is 0 Å². The molecule has 0 bridgehead atoms. The average molecular weight is 481 g/mol. The molecule has 0 aliphatic carbocycles. The summed E-state index contributed by atoms with van der Waals surface area (Å²) in [6.07, 6.45) is 34.0. The van der Waals surface area contributed by atoms with Crippen LogP contribution in [0.3, 0.4) is 0 Å². The first-order valence-corrected chi connectivity index (χ1v) is 15.9. The van der Waals surface area contributed by atoms with Crippen LogP contribution in [-0.2, 0) is 0 Å². The standard InChI is InChI=1S/C17H36O.C16H32/c1-3-5-7-9-10-12-14-17(15-16-18)13-11-8-6-4-2;1-4-6-8-10-11-13-15-16(3)14-12-9-7-5-2/h17-18H,3-16H2,1-2H3;3-15H2,1-2H3. The number of hydrogen-bond acceptors (Lipinski definition) is 1. The predicted octanol–water partition coefficient (Wildman–Crippen LogP) is 12.0. The first kappa shape index (κ1) is 35.9. The van der Waals surface area contributed by atoms with Crippen LogP contribution in [0.15, 0.2) is 12.2 Å². The summed E-state index contributed by atoms with van der Waals surface area (Å²) in [5, 5.41) is 9.11. The van der Waals surface area contributed by atoms with Gasteiger partial charge in [-0.3, -0.25) is 0 Å². The van der Waals surface area contributed by atoms with E-state index in [4.69, 9.17) is 5.11 Å². The number of rotatable bonds is 26. The number of allylic oxidation sites excluding steroid dienone is 1. The van der Waals surface area contributed by atoms with Crippen molar-refractivity contribution >= 4 is 0 Å². The van der Waals surface area contributed by atoms with Gasteiger partial charge in [0.2, 0.25) is 0 Å². The van der Waals surface area contributed by atoms with Crippen LogP contribution < -0.4 is 0 Å². The fourth-order valence-corrected chi connectivity index (χ4v) is 4.77. The van der Waals surface area contributed by atoms with Gasteiger partial charge in [-0.2, -0.15) is 0 Å². The Labute approximate surface area is 218 Å². The van der Waals surface area contributed by atoms with Gasteiger partial charge in [0.15, 0.2) is 0 Å². The van der Waals surface area contributed by atoms with Crippen molar-refractivity contribution in [3.63, 3.8) is 0 Å². The van der Waals surface area contributed by atoms with Gasteiger partial charge < -0.3 is 5.11 Å². The third-order valence-electron chi connectivity index (χ3n) is 7.24. The molecule has 1 atom stereocenters. The molecule has 0 saturated heterocycles. The van der Waals surface area contributed by atoms with Crippen molar-refractivity contribution in [2.75, 3.05) is 6.61 Å². The molecule has 1 N–H and O–H groups in total. The molecule has 206 valence electrons. The molecule has 0 radical (unpaired) electrons. The molecule has 1 heteroatoms. The summed E-state index contributed by atoms with van der Waals surface area (Å²) in [6.45, 7) is 13.7. The molecule has 1 nitrogen and oxygen atoms in total. The summed E-state index contributed by atoms with van der Waals surface area (Å²) in [6, 6.07) is 0. The van der Waals surface area contributed by atoms with Crippen LogP contribution in [0.2, 0.25) is 0 Å². The molecule has 0 fully saturated rings. The minimum absolute atomic E-state index is 0.383. The van der Waals surface area contributed by atoms with Crippen LogP contribution in [-0.4, -0.2) is 11.7 Å². The lowest BCUT2D eigenvalue weighted by atomic mass is 9.92. The molecule has 0 aromatic carbocycles. The normalized spacial score (nSPS) is 11.8. The van der Waals surface area contributed by atoms with Gasteiger partial charge in [0.1, 0.15) is 0 Å². The first-order valence-electron chi connectivity index (χ1n) is 15.9. The maximum Gasteiger partial charge on any atom is 0.0433 e. The van der Waals surface area contributed by atoms with E-state index in [9.17, 15) is 0 Å². The maximum absolute atomic E-state index is 9.11. The van der Waals surface area contributed by atoms with Gasteiger partial charge in [-0.15, -0.1) is 0 Å². The van der Waals surface area contributed by atoms with E-state index >= 15 is 0 Å². The van der Waals surface area contributed by atoms with Crippen molar-refractivity contribution in [1.82, 2.24) is 0 Å². The van der Waals surface area contributed by atoms with Crippen molar-refractivity contribution in [2.24, 2.45) is 5.92 Å². The molecule has 0 aliphatic rings. The van der Waals surface area contributed by atoms with Crippen LogP contribution >= 0.6 is 0 Å². The SMILES string of the molecule is C=C(CCCCCC)CCCCCCCC.CCCCCCCCC(CCO)CCCCCC. The summed E-state index contributed by atoms with van der Waals surface area (Å²) in [4.78, 5) is 0. The molecule has 0 heterocycles. The van der Waals surface area contributed by atoms with Crippen LogP contribution in [0.5, 0.6) is 0 Å². The Balaban J connectivity index is 0. The van der Waals surface area contributed by atoms with Crippen LogP contribution in [0.1, 0.15) is 188 Å². The molecule has 0 aromatic rings. The van der Waals surface area contributed by atoms with E-state index in [0.717, 1.165) is 12.3 Å². The largest absolute Gasteiger partial charge is 0.396 e. The van der Waals surface area contributed by atoms with Crippen LogP contribution in [0, 0.1) is 5.92 Å². The highest BCUT2D eigenvalue weighted by Crippen LogP contribution is 2.21. The molecule has 1 unspecified atom stereocenters. The quantitative estimate of drug-likeness (QED) is 0.0963. The summed E-state index contributed by atoms with van der Waals surface area (Å²) in [7, 11) is 0. The Hall–Kier alpha value is -0.300. The lowest BCUT2D eigenvalue weighted by Gasteiger charge is -2.15. The molecule has 34 heavy (non-hydrogen) atoms. The summed E-state index contributed by atoms with van der Waals surface area (Å²) in [5.74, 6) is 0.790. The molecule has 0 spiro atoms. The number of unbranched alkanes of at least 4 members (excludes halogenated alkanes) is 16. The summed E-state index contributed by atoms with van der Waals surface area (Å²) < 4.78 is 0. The zero-order valence-electron chi connectivity index (χ0n) is 24.6. The van der Waals surface area contributed by atoms with Crippen LogP contribution in [0.4, 0.5) is 0 Å². The topological polar surface area (TPSA) is 20.2 Å². The highest BCUT2D eigenvalue weighted by molar-refractivity contribution is 4.93. The van der Waals surface area contributed by atoms with E-state index in [2.05, 4.69) is 34.3 Å². The van der Waals surface area contributed by atoms with E-state index in [-0.39, 0.29) is 0 Å². The van der Waals surface area contributed by atoms with Crippen molar-refractivity contribution < 1.29 is 5.11 Å². The second-order valence-electron chi connectivity index (χ2n) is 10.9. The Morgan fingerprint density at radius 1 is 0.471 bits per heavy atom. The van der Waals surface area contributed by atoms with Gasteiger partial charge in [0, 0.05) is 6.61 Å². The first-order chi connectivity index (χ1) is 16.7. The predicted molar refractivity (Wildman–Crippen MR) is 158 cm³/mol. The number of aliphatic hydroxyl groups is 1.